The molecule has 0 atom stereocenters. The van der Waals surface area contributed by atoms with Crippen molar-refractivity contribution in [2.24, 2.45) is 0 Å². The standard InChI is InChI=1S/C8H10N2/c1-6(2)8-5-7(9)3-4-10-8/h3-5H,1H2,2H3,(H2,9,10). The Balaban J connectivity index is 3.07. The molecule has 0 saturated heterocycles. The molecule has 1 heterocycles. The molecule has 2 heteroatoms. The fourth-order valence-corrected chi connectivity index (χ4v) is 0.680. The average Bonchev–Trinajstić information content (AvgIpc) is 1.88. The molecule has 0 aliphatic carbocycles. The fourth-order valence-electron chi connectivity index (χ4n) is 0.680. The van der Waals surface area contributed by atoms with E-state index in [1.165, 1.54) is 0 Å². The molecule has 10 heavy (non-hydrogen) atoms. The highest BCUT2D eigenvalue weighted by Gasteiger charge is 1.92. The highest BCUT2D eigenvalue weighted by molar-refractivity contribution is 5.60. The van der Waals surface area contributed by atoms with Crippen LogP contribution in [0.4, 0.5) is 5.69 Å². The van der Waals surface area contributed by atoms with E-state index in [0.717, 1.165) is 17.0 Å². The molecule has 0 aromatic carbocycles. The zero-order chi connectivity index (χ0) is 7.56. The van der Waals surface area contributed by atoms with E-state index in [4.69, 9.17) is 5.73 Å². The monoisotopic (exact) mass is 134 g/mol. The van der Waals surface area contributed by atoms with E-state index in [9.17, 15) is 0 Å². The van der Waals surface area contributed by atoms with Gasteiger partial charge in [0.1, 0.15) is 0 Å². The molecule has 0 bridgehead atoms. The third-order valence-corrected chi connectivity index (χ3v) is 1.22. The molecule has 0 aliphatic rings. The number of pyridine rings is 1. The van der Waals surface area contributed by atoms with Crippen LogP contribution in [0.5, 0.6) is 0 Å². The Labute approximate surface area is 60.4 Å². The average molecular weight is 134 g/mol. The summed E-state index contributed by atoms with van der Waals surface area (Å²) in [7, 11) is 0. The van der Waals surface area contributed by atoms with Crippen LogP contribution in [0, 0.1) is 0 Å². The van der Waals surface area contributed by atoms with Crippen molar-refractivity contribution >= 4 is 11.3 Å². The van der Waals surface area contributed by atoms with E-state index < -0.39 is 0 Å². The summed E-state index contributed by atoms with van der Waals surface area (Å²) in [6.07, 6.45) is 1.68. The lowest BCUT2D eigenvalue weighted by Crippen LogP contribution is -1.88. The number of hydrogen-bond acceptors (Lipinski definition) is 2. The molecular formula is C8H10N2. The smallest absolute Gasteiger partial charge is 0.0673 e. The van der Waals surface area contributed by atoms with E-state index in [-0.39, 0.29) is 0 Å². The first-order valence-electron chi connectivity index (χ1n) is 3.07. The number of anilines is 1. The predicted molar refractivity (Wildman–Crippen MR) is 43.4 cm³/mol. The van der Waals surface area contributed by atoms with E-state index in [0.29, 0.717) is 0 Å². The van der Waals surface area contributed by atoms with Gasteiger partial charge in [0.2, 0.25) is 0 Å². The van der Waals surface area contributed by atoms with Crippen molar-refractivity contribution in [3.63, 3.8) is 0 Å². The first kappa shape index (κ1) is 6.81. The summed E-state index contributed by atoms with van der Waals surface area (Å²) in [6.45, 7) is 5.65. The highest BCUT2D eigenvalue weighted by Crippen LogP contribution is 2.10. The second kappa shape index (κ2) is 2.52. The van der Waals surface area contributed by atoms with Crippen molar-refractivity contribution < 1.29 is 0 Å². The summed E-state index contributed by atoms with van der Waals surface area (Å²) >= 11 is 0. The van der Waals surface area contributed by atoms with E-state index in [2.05, 4.69) is 11.6 Å². The summed E-state index contributed by atoms with van der Waals surface area (Å²) in [5.41, 5.74) is 8.04. The second-order valence-electron chi connectivity index (χ2n) is 2.25. The molecular weight excluding hydrogens is 124 g/mol. The molecule has 2 N–H and O–H groups in total. The number of nitrogen functional groups attached to an aromatic ring is 1. The maximum Gasteiger partial charge on any atom is 0.0673 e. The highest BCUT2D eigenvalue weighted by atomic mass is 14.7. The topological polar surface area (TPSA) is 38.9 Å². The first-order chi connectivity index (χ1) is 4.70. The van der Waals surface area contributed by atoms with Gasteiger partial charge >= 0.3 is 0 Å². The van der Waals surface area contributed by atoms with Crippen molar-refractivity contribution in [1.82, 2.24) is 4.98 Å². The number of aromatic nitrogens is 1. The first-order valence-corrected chi connectivity index (χ1v) is 3.07. The minimum atomic E-state index is 0.730. The lowest BCUT2D eigenvalue weighted by molar-refractivity contribution is 1.27. The molecule has 0 spiro atoms. The van der Waals surface area contributed by atoms with Crippen LogP contribution < -0.4 is 5.73 Å². The minimum absolute atomic E-state index is 0.730. The Morgan fingerprint density at radius 3 is 2.80 bits per heavy atom. The molecule has 0 saturated carbocycles. The zero-order valence-electron chi connectivity index (χ0n) is 5.96. The lowest BCUT2D eigenvalue weighted by atomic mass is 10.2. The third-order valence-electron chi connectivity index (χ3n) is 1.22. The van der Waals surface area contributed by atoms with Crippen LogP contribution in [-0.4, -0.2) is 4.98 Å². The number of hydrogen-bond donors (Lipinski definition) is 1. The molecule has 1 rings (SSSR count). The molecule has 1 aromatic heterocycles. The number of rotatable bonds is 1. The largest absolute Gasteiger partial charge is 0.399 e. The fraction of sp³-hybridized carbons (Fsp3) is 0.125. The van der Waals surface area contributed by atoms with Gasteiger partial charge in [-0.2, -0.15) is 0 Å². The SMILES string of the molecule is C=C(C)c1cc(N)ccn1. The van der Waals surface area contributed by atoms with Gasteiger partial charge in [-0.3, -0.25) is 4.98 Å². The zero-order valence-corrected chi connectivity index (χ0v) is 5.96. The molecule has 0 radical (unpaired) electrons. The summed E-state index contributed by atoms with van der Waals surface area (Å²) in [5, 5.41) is 0. The third kappa shape index (κ3) is 1.35. The normalized spacial score (nSPS) is 9.30. The number of nitrogens with two attached hydrogens (primary N) is 1. The Morgan fingerprint density at radius 1 is 1.70 bits per heavy atom. The van der Waals surface area contributed by atoms with Gasteiger partial charge in [0.15, 0.2) is 0 Å². The Hall–Kier alpha value is -1.31. The van der Waals surface area contributed by atoms with Crippen molar-refractivity contribution in [3.8, 4) is 0 Å². The second-order valence-corrected chi connectivity index (χ2v) is 2.25. The van der Waals surface area contributed by atoms with Gasteiger partial charge in [-0.05, 0) is 24.6 Å². The molecule has 0 amide bonds. The van der Waals surface area contributed by atoms with Crippen LogP contribution in [0.1, 0.15) is 12.6 Å². The Kier molecular flexibility index (Phi) is 1.71. The van der Waals surface area contributed by atoms with E-state index in [1.807, 2.05) is 13.0 Å². The van der Waals surface area contributed by atoms with Crippen LogP contribution >= 0.6 is 0 Å². The summed E-state index contributed by atoms with van der Waals surface area (Å²) in [5.74, 6) is 0. The minimum Gasteiger partial charge on any atom is -0.399 e. The Morgan fingerprint density at radius 2 is 2.40 bits per heavy atom. The molecule has 1 aromatic rings. The summed E-state index contributed by atoms with van der Waals surface area (Å²) < 4.78 is 0. The number of allylic oxidation sites excluding steroid dienone is 1. The number of nitrogens with zero attached hydrogens (tertiary/aromatic N) is 1. The van der Waals surface area contributed by atoms with E-state index >= 15 is 0 Å². The molecule has 0 fully saturated rings. The quantitative estimate of drug-likeness (QED) is 0.634. The van der Waals surface area contributed by atoms with Crippen LogP contribution in [0.2, 0.25) is 0 Å². The Bertz CT molecular complexity index is 253. The van der Waals surface area contributed by atoms with Crippen molar-refractivity contribution in [2.45, 2.75) is 6.92 Å². The van der Waals surface area contributed by atoms with Crippen LogP contribution in [0.3, 0.4) is 0 Å². The van der Waals surface area contributed by atoms with Crippen molar-refractivity contribution in [2.75, 3.05) is 5.73 Å². The summed E-state index contributed by atoms with van der Waals surface area (Å²) in [6, 6.07) is 3.56. The molecule has 0 unspecified atom stereocenters. The van der Waals surface area contributed by atoms with Gasteiger partial charge in [-0.15, -0.1) is 0 Å². The summed E-state index contributed by atoms with van der Waals surface area (Å²) in [4.78, 5) is 4.06. The van der Waals surface area contributed by atoms with Crippen LogP contribution in [0.15, 0.2) is 24.9 Å². The van der Waals surface area contributed by atoms with Gasteiger partial charge in [0.05, 0.1) is 5.69 Å². The van der Waals surface area contributed by atoms with Gasteiger partial charge in [-0.25, -0.2) is 0 Å². The van der Waals surface area contributed by atoms with Gasteiger partial charge in [0.25, 0.3) is 0 Å². The lowest BCUT2D eigenvalue weighted by Gasteiger charge is -1.97. The molecule has 2 nitrogen and oxygen atoms in total. The maximum absolute atomic E-state index is 5.52. The van der Waals surface area contributed by atoms with Crippen LogP contribution in [-0.2, 0) is 0 Å². The van der Waals surface area contributed by atoms with Crippen molar-refractivity contribution in [3.05, 3.63) is 30.6 Å². The predicted octanol–water partition coefficient (Wildman–Crippen LogP) is 1.70. The maximum atomic E-state index is 5.52. The molecule has 52 valence electrons. The van der Waals surface area contributed by atoms with E-state index in [1.54, 1.807) is 12.3 Å². The van der Waals surface area contributed by atoms with Gasteiger partial charge < -0.3 is 5.73 Å². The van der Waals surface area contributed by atoms with Gasteiger partial charge in [-0.1, -0.05) is 6.58 Å². The molecule has 0 aliphatic heterocycles. The van der Waals surface area contributed by atoms with Crippen LogP contribution in [0.25, 0.3) is 5.57 Å². The van der Waals surface area contributed by atoms with Gasteiger partial charge in [0, 0.05) is 11.9 Å². The van der Waals surface area contributed by atoms with Crippen molar-refractivity contribution in [1.29, 1.82) is 0 Å².